The molecule has 2 fully saturated rings. The van der Waals surface area contributed by atoms with Crippen molar-refractivity contribution in [3.05, 3.63) is 30.1 Å². The predicted octanol–water partition coefficient (Wildman–Crippen LogP) is 1.61. The standard InChI is InChI=1S/C19H28N4O2/c24-18-9-13-23(14-15-7-10-20-11-8-15)12-3-1-2-4-17(22-18)19(25)21-16-5-6-16/h7-8,10-11,16-17H,1-6,9,12-14H2,(H,21,25)(H,22,24). The van der Waals surface area contributed by atoms with Gasteiger partial charge in [0.05, 0.1) is 0 Å². The maximum Gasteiger partial charge on any atom is 0.242 e. The van der Waals surface area contributed by atoms with Crippen LogP contribution in [0.25, 0.3) is 0 Å². The Bertz CT molecular complexity index is 574. The van der Waals surface area contributed by atoms with E-state index in [0.717, 1.165) is 51.6 Å². The summed E-state index contributed by atoms with van der Waals surface area (Å²) in [7, 11) is 0. The molecule has 1 unspecified atom stereocenters. The maximum absolute atomic E-state index is 12.3. The van der Waals surface area contributed by atoms with E-state index in [4.69, 9.17) is 0 Å². The molecule has 25 heavy (non-hydrogen) atoms. The lowest BCUT2D eigenvalue weighted by atomic mass is 10.1. The Labute approximate surface area is 149 Å². The fraction of sp³-hybridized carbons (Fsp3) is 0.632. The second-order valence-electron chi connectivity index (χ2n) is 7.13. The Morgan fingerprint density at radius 1 is 1.16 bits per heavy atom. The van der Waals surface area contributed by atoms with Crippen molar-refractivity contribution in [3.8, 4) is 0 Å². The molecule has 2 heterocycles. The van der Waals surface area contributed by atoms with Gasteiger partial charge in [0.2, 0.25) is 11.8 Å². The van der Waals surface area contributed by atoms with Crippen LogP contribution in [0.3, 0.4) is 0 Å². The highest BCUT2D eigenvalue weighted by atomic mass is 16.2. The van der Waals surface area contributed by atoms with Gasteiger partial charge in [-0.25, -0.2) is 0 Å². The fourth-order valence-corrected chi connectivity index (χ4v) is 3.20. The van der Waals surface area contributed by atoms with Gasteiger partial charge in [0.25, 0.3) is 0 Å². The molecular formula is C19H28N4O2. The molecule has 6 heteroatoms. The van der Waals surface area contributed by atoms with E-state index in [2.05, 4.69) is 20.5 Å². The number of aromatic nitrogens is 1. The van der Waals surface area contributed by atoms with Crippen LogP contribution in [0.5, 0.6) is 0 Å². The summed E-state index contributed by atoms with van der Waals surface area (Å²) in [5, 5.41) is 5.96. The molecule has 136 valence electrons. The zero-order valence-corrected chi connectivity index (χ0v) is 14.7. The Hall–Kier alpha value is -1.95. The molecule has 1 aliphatic carbocycles. The van der Waals surface area contributed by atoms with Crippen LogP contribution in [0.4, 0.5) is 0 Å². The molecule has 2 aliphatic rings. The highest BCUT2D eigenvalue weighted by molar-refractivity contribution is 5.87. The monoisotopic (exact) mass is 344 g/mol. The molecule has 1 aromatic heterocycles. The quantitative estimate of drug-likeness (QED) is 0.870. The van der Waals surface area contributed by atoms with Gasteiger partial charge >= 0.3 is 0 Å². The van der Waals surface area contributed by atoms with Crippen LogP contribution in [-0.2, 0) is 16.1 Å². The van der Waals surface area contributed by atoms with Crippen LogP contribution in [0.1, 0.15) is 50.5 Å². The second kappa shape index (κ2) is 8.94. The van der Waals surface area contributed by atoms with Crippen molar-refractivity contribution in [1.29, 1.82) is 0 Å². The third-order valence-corrected chi connectivity index (χ3v) is 4.85. The minimum atomic E-state index is -0.375. The van der Waals surface area contributed by atoms with Gasteiger partial charge in [0.1, 0.15) is 6.04 Å². The number of carbonyl (C=O) groups excluding carboxylic acids is 2. The van der Waals surface area contributed by atoms with Crippen molar-refractivity contribution in [2.45, 2.75) is 63.6 Å². The molecule has 1 aliphatic heterocycles. The van der Waals surface area contributed by atoms with Crippen LogP contribution in [0, 0.1) is 0 Å². The van der Waals surface area contributed by atoms with E-state index in [1.165, 1.54) is 5.56 Å². The summed E-state index contributed by atoms with van der Waals surface area (Å²) in [6, 6.07) is 3.99. The summed E-state index contributed by atoms with van der Waals surface area (Å²) < 4.78 is 0. The topological polar surface area (TPSA) is 74.3 Å². The molecule has 0 spiro atoms. The summed E-state index contributed by atoms with van der Waals surface area (Å²) in [6.07, 6.45) is 10.0. The van der Waals surface area contributed by atoms with Crippen molar-refractivity contribution in [2.24, 2.45) is 0 Å². The number of hydrogen-bond donors (Lipinski definition) is 2. The van der Waals surface area contributed by atoms with Gasteiger partial charge in [-0.15, -0.1) is 0 Å². The highest BCUT2D eigenvalue weighted by Crippen LogP contribution is 2.19. The zero-order chi connectivity index (χ0) is 17.5. The van der Waals surface area contributed by atoms with E-state index in [9.17, 15) is 9.59 Å². The average Bonchev–Trinajstić information content (AvgIpc) is 3.42. The lowest BCUT2D eigenvalue weighted by Gasteiger charge is -2.22. The van der Waals surface area contributed by atoms with E-state index in [1.807, 2.05) is 12.1 Å². The maximum atomic E-state index is 12.3. The van der Waals surface area contributed by atoms with Gasteiger partial charge in [0.15, 0.2) is 0 Å². The summed E-state index contributed by atoms with van der Waals surface area (Å²) in [5.74, 6) is -0.0405. The zero-order valence-electron chi connectivity index (χ0n) is 14.7. The number of hydrogen-bond acceptors (Lipinski definition) is 4. The third kappa shape index (κ3) is 6.12. The molecule has 2 N–H and O–H groups in total. The summed E-state index contributed by atoms with van der Waals surface area (Å²) >= 11 is 0. The molecule has 0 bridgehead atoms. The van der Waals surface area contributed by atoms with Crippen molar-refractivity contribution in [1.82, 2.24) is 20.5 Å². The third-order valence-electron chi connectivity index (χ3n) is 4.85. The number of carbonyl (C=O) groups is 2. The first-order chi connectivity index (χ1) is 12.2. The van der Waals surface area contributed by atoms with Gasteiger partial charge in [-0.1, -0.05) is 12.8 Å². The lowest BCUT2D eigenvalue weighted by Crippen LogP contribution is -2.47. The smallest absolute Gasteiger partial charge is 0.242 e. The van der Waals surface area contributed by atoms with E-state index in [-0.39, 0.29) is 17.9 Å². The largest absolute Gasteiger partial charge is 0.352 e. The minimum Gasteiger partial charge on any atom is -0.352 e. The number of rotatable bonds is 4. The molecule has 1 saturated heterocycles. The lowest BCUT2D eigenvalue weighted by molar-refractivity contribution is -0.129. The first-order valence-corrected chi connectivity index (χ1v) is 9.42. The molecule has 0 aromatic carbocycles. The summed E-state index contributed by atoms with van der Waals surface area (Å²) in [6.45, 7) is 2.53. The molecule has 0 radical (unpaired) electrons. The first-order valence-electron chi connectivity index (χ1n) is 9.42. The molecular weight excluding hydrogens is 316 g/mol. The van der Waals surface area contributed by atoms with E-state index in [0.29, 0.717) is 19.0 Å². The molecule has 1 atom stereocenters. The Balaban J connectivity index is 1.54. The fourth-order valence-electron chi connectivity index (χ4n) is 3.20. The Kier molecular flexibility index (Phi) is 6.39. The van der Waals surface area contributed by atoms with Gasteiger partial charge in [-0.2, -0.15) is 0 Å². The normalized spacial score (nSPS) is 23.4. The molecule has 3 rings (SSSR count). The number of nitrogens with zero attached hydrogens (tertiary/aromatic N) is 2. The molecule has 2 amide bonds. The summed E-state index contributed by atoms with van der Waals surface area (Å²) in [4.78, 5) is 31.0. The predicted molar refractivity (Wildman–Crippen MR) is 95.7 cm³/mol. The van der Waals surface area contributed by atoms with Crippen LogP contribution >= 0.6 is 0 Å². The van der Waals surface area contributed by atoms with Gasteiger partial charge in [-0.05, 0) is 49.9 Å². The summed E-state index contributed by atoms with van der Waals surface area (Å²) in [5.41, 5.74) is 1.21. The molecule has 6 nitrogen and oxygen atoms in total. The van der Waals surface area contributed by atoms with Crippen molar-refractivity contribution >= 4 is 11.8 Å². The Morgan fingerprint density at radius 2 is 1.96 bits per heavy atom. The van der Waals surface area contributed by atoms with Crippen molar-refractivity contribution in [3.63, 3.8) is 0 Å². The van der Waals surface area contributed by atoms with Crippen molar-refractivity contribution in [2.75, 3.05) is 13.1 Å². The van der Waals surface area contributed by atoms with Crippen LogP contribution in [-0.4, -0.2) is 46.9 Å². The van der Waals surface area contributed by atoms with E-state index < -0.39 is 0 Å². The number of pyridine rings is 1. The van der Waals surface area contributed by atoms with Crippen LogP contribution in [0.2, 0.25) is 0 Å². The van der Waals surface area contributed by atoms with Crippen LogP contribution in [0.15, 0.2) is 24.5 Å². The Morgan fingerprint density at radius 3 is 2.72 bits per heavy atom. The van der Waals surface area contributed by atoms with Gasteiger partial charge in [-0.3, -0.25) is 19.5 Å². The SMILES string of the molecule is O=C1CCN(Cc2ccncc2)CCCCCC(C(=O)NC2CC2)N1. The highest BCUT2D eigenvalue weighted by Gasteiger charge is 2.28. The van der Waals surface area contributed by atoms with Gasteiger partial charge in [0, 0.05) is 37.9 Å². The number of amides is 2. The first kappa shape index (κ1) is 17.9. The minimum absolute atomic E-state index is 0.0104. The van der Waals surface area contributed by atoms with E-state index in [1.54, 1.807) is 12.4 Å². The number of nitrogens with one attached hydrogen (secondary N) is 2. The molecule has 1 saturated carbocycles. The molecule has 1 aromatic rings. The second-order valence-corrected chi connectivity index (χ2v) is 7.13. The van der Waals surface area contributed by atoms with Gasteiger partial charge < -0.3 is 10.6 Å². The van der Waals surface area contributed by atoms with Crippen LogP contribution < -0.4 is 10.6 Å². The van der Waals surface area contributed by atoms with Crippen molar-refractivity contribution < 1.29 is 9.59 Å². The van der Waals surface area contributed by atoms with E-state index >= 15 is 0 Å². The average molecular weight is 344 g/mol.